The fourth-order valence-corrected chi connectivity index (χ4v) is 8.36. The zero-order valence-electron chi connectivity index (χ0n) is 28.7. The molecule has 6 rings (SSSR count). The van der Waals surface area contributed by atoms with E-state index in [4.69, 9.17) is 24.5 Å². The van der Waals surface area contributed by atoms with Crippen LogP contribution in [0.5, 0.6) is 0 Å². The molecular formula is C36H39F3N4O5P+. The molecule has 0 aromatic rings. The summed E-state index contributed by atoms with van der Waals surface area (Å²) in [6.45, 7) is 10.9. The van der Waals surface area contributed by atoms with Crippen molar-refractivity contribution >= 4 is 37.3 Å². The summed E-state index contributed by atoms with van der Waals surface area (Å²) in [4.78, 5) is 40.6. The molecule has 9 nitrogen and oxygen atoms in total. The second-order valence-electron chi connectivity index (χ2n) is 13.2. The molecule has 0 saturated carbocycles. The molecule has 0 aromatic carbocycles. The molecule has 1 fully saturated rings. The summed E-state index contributed by atoms with van der Waals surface area (Å²) in [7, 11) is -3.16. The van der Waals surface area contributed by atoms with E-state index in [1.165, 1.54) is 14.2 Å². The highest BCUT2D eigenvalue weighted by Gasteiger charge is 2.57. The van der Waals surface area contributed by atoms with Crippen LogP contribution in [0.3, 0.4) is 0 Å². The highest BCUT2D eigenvalue weighted by Crippen LogP contribution is 2.66. The summed E-state index contributed by atoms with van der Waals surface area (Å²) in [6, 6.07) is 0. The number of ether oxygens (including phenoxy) is 2. The van der Waals surface area contributed by atoms with Crippen molar-refractivity contribution in [1.82, 2.24) is 5.32 Å². The largest absolute Gasteiger partial charge is 0.573 e. The Morgan fingerprint density at radius 1 is 0.959 bits per heavy atom. The first-order chi connectivity index (χ1) is 23.0. The van der Waals surface area contributed by atoms with Gasteiger partial charge in [-0.3, -0.25) is 9.59 Å². The molecule has 5 aliphatic heterocycles. The fraction of sp³-hybridized carbons (Fsp3) is 0.417. The summed E-state index contributed by atoms with van der Waals surface area (Å²) >= 11 is 0. The molecule has 1 aliphatic carbocycles. The van der Waals surface area contributed by atoms with Gasteiger partial charge in [0.2, 0.25) is 0 Å². The van der Waals surface area contributed by atoms with Gasteiger partial charge in [0.1, 0.15) is 5.76 Å². The van der Waals surface area contributed by atoms with Crippen LogP contribution in [0.2, 0.25) is 0 Å². The molecule has 6 aliphatic rings. The van der Waals surface area contributed by atoms with Crippen LogP contribution in [0.15, 0.2) is 106 Å². The number of hydrogen-bond donors (Lipinski definition) is 2. The molecule has 3 atom stereocenters. The minimum Gasteiger partial charge on any atom is -0.510 e. The van der Waals surface area contributed by atoms with Gasteiger partial charge in [0.05, 0.1) is 48.4 Å². The van der Waals surface area contributed by atoms with Crippen molar-refractivity contribution in [3.05, 3.63) is 91.5 Å². The first-order valence-corrected chi connectivity index (χ1v) is 17.8. The molecule has 2 N–H and O–H groups in total. The van der Waals surface area contributed by atoms with Crippen LogP contribution in [0.1, 0.15) is 60.8 Å². The smallest absolute Gasteiger partial charge is 0.510 e. The number of allylic oxidation sites excluding steroid dienone is 11. The van der Waals surface area contributed by atoms with E-state index in [9.17, 15) is 27.3 Å². The predicted octanol–water partition coefficient (Wildman–Crippen LogP) is 8.07. The third-order valence-electron chi connectivity index (χ3n) is 10.5. The Labute approximate surface area is 283 Å². The van der Waals surface area contributed by atoms with E-state index >= 15 is 0 Å². The minimum absolute atomic E-state index is 0.0668. The maximum atomic E-state index is 14.1. The van der Waals surface area contributed by atoms with Crippen molar-refractivity contribution < 1.29 is 36.8 Å². The van der Waals surface area contributed by atoms with Gasteiger partial charge in [-0.15, -0.1) is 0 Å². The third kappa shape index (κ3) is 5.48. The molecule has 5 heterocycles. The van der Waals surface area contributed by atoms with Crippen molar-refractivity contribution in [2.24, 2.45) is 32.2 Å². The minimum atomic E-state index is -5.72. The zero-order valence-corrected chi connectivity index (χ0v) is 29.6. The molecule has 0 aromatic heterocycles. The molecule has 0 amide bonds. The van der Waals surface area contributed by atoms with Crippen LogP contribution in [-0.2, 0) is 19.1 Å². The van der Waals surface area contributed by atoms with E-state index in [1.54, 1.807) is 26.0 Å². The van der Waals surface area contributed by atoms with E-state index < -0.39 is 37.6 Å². The van der Waals surface area contributed by atoms with Crippen LogP contribution < -0.4 is 5.32 Å². The molecule has 1 saturated heterocycles. The van der Waals surface area contributed by atoms with Crippen molar-refractivity contribution in [3.8, 4) is 0 Å². The first-order valence-electron chi connectivity index (χ1n) is 16.2. The number of halogens is 3. The van der Waals surface area contributed by atoms with Gasteiger partial charge >= 0.3 is 20.1 Å². The fourth-order valence-electron chi connectivity index (χ4n) is 7.60. The van der Waals surface area contributed by atoms with Gasteiger partial charge in [-0.2, -0.15) is 0 Å². The second-order valence-corrected chi connectivity index (χ2v) is 14.6. The van der Waals surface area contributed by atoms with Gasteiger partial charge in [-0.25, -0.2) is 15.0 Å². The van der Waals surface area contributed by atoms with E-state index in [1.807, 2.05) is 33.8 Å². The predicted molar refractivity (Wildman–Crippen MR) is 184 cm³/mol. The average Bonchev–Trinajstić information content (AvgIpc) is 3.76. The van der Waals surface area contributed by atoms with Crippen molar-refractivity contribution in [2.75, 3.05) is 20.4 Å². The SMILES string of the molecule is CCC1=C(C)C2=NC1=CC1=C(C)C3=C(O)C(C)(C(=O)OC)C(=C4NC(=CC5=NC(=C2)C(C[P+](F)(F)F)=C5C)C(C)C4CCC(=O)OC)C3=N1. The third-order valence-corrected chi connectivity index (χ3v) is 11.1. The Bertz CT molecular complexity index is 1970. The summed E-state index contributed by atoms with van der Waals surface area (Å²) < 4.78 is 52.4. The Kier molecular flexibility index (Phi) is 8.62. The summed E-state index contributed by atoms with van der Waals surface area (Å²) in [6.07, 6.45) is 5.14. The summed E-state index contributed by atoms with van der Waals surface area (Å²) in [5.41, 5.74) is 6.00. The van der Waals surface area contributed by atoms with Crippen LogP contribution in [0.4, 0.5) is 12.6 Å². The lowest BCUT2D eigenvalue weighted by Crippen LogP contribution is -2.35. The lowest BCUT2D eigenvalue weighted by Gasteiger charge is -2.27. The highest BCUT2D eigenvalue weighted by atomic mass is 31.3. The van der Waals surface area contributed by atoms with Crippen LogP contribution >= 0.6 is 8.19 Å². The van der Waals surface area contributed by atoms with E-state index in [0.29, 0.717) is 75.1 Å². The lowest BCUT2D eigenvalue weighted by molar-refractivity contribution is -0.148. The van der Waals surface area contributed by atoms with Crippen LogP contribution in [-0.4, -0.2) is 54.6 Å². The Hall–Kier alpha value is -4.31. The number of nitrogens with zero attached hydrogens (tertiary/aromatic N) is 3. The second kappa shape index (κ2) is 12.2. The summed E-state index contributed by atoms with van der Waals surface area (Å²) in [5.74, 6) is -1.99. The Morgan fingerprint density at radius 3 is 2.20 bits per heavy atom. The molecule has 3 unspecified atom stereocenters. The number of carbonyl (C=O) groups excluding carboxylic acids is 2. The standard InChI is InChI=1S/C36H38F3N4O5P/c1-9-20-16(2)24-13-28-22(15-49(37,38)39)18(4)23(41-28)12-25-17(3)21(10-11-29(44)47-7)32(42-25)31-33-30(34(45)36(31,6)35(46)48-8)19(5)26(43-33)14-27(20)40-24/h12-14,17,21H,9-11,15H2,1-8H3,(H-,40,41,42,43,45)/p+1. The number of esters is 2. The number of methoxy groups -OCH3 is 2. The molecule has 258 valence electrons. The van der Waals surface area contributed by atoms with Gasteiger partial charge in [0.15, 0.2) is 11.6 Å². The van der Waals surface area contributed by atoms with Crippen molar-refractivity contribution in [3.63, 3.8) is 0 Å². The lowest BCUT2D eigenvalue weighted by atomic mass is 9.78. The number of aliphatic hydroxyl groups is 1. The normalized spacial score (nSPS) is 26.2. The number of hydrogen-bond acceptors (Lipinski definition) is 9. The Balaban J connectivity index is 1.68. The molecule has 0 radical (unpaired) electrons. The highest BCUT2D eigenvalue weighted by molar-refractivity contribution is 7.60. The Morgan fingerprint density at radius 2 is 1.59 bits per heavy atom. The van der Waals surface area contributed by atoms with Gasteiger partial charge in [0, 0.05) is 59.0 Å². The van der Waals surface area contributed by atoms with Crippen molar-refractivity contribution in [2.45, 2.75) is 60.8 Å². The first kappa shape index (κ1) is 34.5. The maximum Gasteiger partial charge on any atom is 0.573 e. The molecule has 49 heavy (non-hydrogen) atoms. The van der Waals surface area contributed by atoms with E-state index in [0.717, 1.165) is 11.1 Å². The average molecular weight is 696 g/mol. The van der Waals surface area contributed by atoms with Gasteiger partial charge < -0.3 is 19.9 Å². The van der Waals surface area contributed by atoms with Crippen molar-refractivity contribution in [1.29, 1.82) is 0 Å². The monoisotopic (exact) mass is 695 g/mol. The number of fused-ring (bicyclic) bond motifs is 5. The number of rotatable bonds is 7. The molecular weight excluding hydrogens is 656 g/mol. The van der Waals surface area contributed by atoms with E-state index in [2.05, 4.69) is 5.32 Å². The zero-order chi connectivity index (χ0) is 35.7. The maximum absolute atomic E-state index is 14.1. The van der Waals surface area contributed by atoms with Gasteiger partial charge in [-0.05, 0) is 81.1 Å². The summed E-state index contributed by atoms with van der Waals surface area (Å²) in [5, 5.41) is 15.4. The van der Waals surface area contributed by atoms with Gasteiger partial charge in [-0.1, -0.05) is 13.8 Å². The number of aliphatic hydroxyl groups excluding tert-OH is 1. The van der Waals surface area contributed by atoms with Crippen LogP contribution in [0.25, 0.3) is 0 Å². The van der Waals surface area contributed by atoms with E-state index in [-0.39, 0.29) is 29.4 Å². The molecule has 13 heteroatoms. The number of aliphatic imine (C=N–C) groups is 3. The van der Waals surface area contributed by atoms with Gasteiger partial charge in [0.25, 0.3) is 0 Å². The number of nitrogens with one attached hydrogen (secondary N) is 1. The van der Waals surface area contributed by atoms with Crippen LogP contribution in [0, 0.1) is 17.3 Å². The molecule has 0 spiro atoms. The molecule has 8 bridgehead atoms. The topological polar surface area (TPSA) is 122 Å². The number of carbonyl (C=O) groups is 2. The quantitative estimate of drug-likeness (QED) is 0.205.